The van der Waals surface area contributed by atoms with Gasteiger partial charge in [-0.3, -0.25) is 0 Å². The normalized spacial score (nSPS) is 40.4. The lowest BCUT2D eigenvalue weighted by Crippen LogP contribution is -2.41. The van der Waals surface area contributed by atoms with Gasteiger partial charge < -0.3 is 19.3 Å². The lowest BCUT2D eigenvalue weighted by Gasteiger charge is -2.29. The van der Waals surface area contributed by atoms with Gasteiger partial charge in [0.15, 0.2) is 0 Å². The molecule has 3 aliphatic rings. The monoisotopic (exact) mass is 362 g/mol. The predicted molar refractivity (Wildman–Crippen MR) is 94.1 cm³/mol. The number of ether oxygens (including phenoxy) is 3. The molecule has 0 radical (unpaired) electrons. The molecule has 3 rings (SSSR count). The summed E-state index contributed by atoms with van der Waals surface area (Å²) in [6, 6.07) is 0. The Hall–Kier alpha value is -1.92. The molecule has 2 aliphatic heterocycles. The second kappa shape index (κ2) is 6.67. The van der Waals surface area contributed by atoms with Crippen LogP contribution in [0.3, 0.4) is 0 Å². The van der Waals surface area contributed by atoms with E-state index in [0.29, 0.717) is 30.4 Å². The lowest BCUT2D eigenvalue weighted by molar-refractivity contribution is -0.149. The molecular weight excluding hydrogens is 336 g/mol. The van der Waals surface area contributed by atoms with Crippen LogP contribution in [0.25, 0.3) is 0 Å². The van der Waals surface area contributed by atoms with E-state index in [4.69, 9.17) is 14.2 Å². The van der Waals surface area contributed by atoms with Crippen molar-refractivity contribution in [2.24, 2.45) is 5.92 Å². The Labute approximate surface area is 153 Å². The smallest absolute Gasteiger partial charge is 0.334 e. The van der Waals surface area contributed by atoms with E-state index in [0.717, 1.165) is 0 Å². The fraction of sp³-hybridized carbons (Fsp3) is 0.600. The van der Waals surface area contributed by atoms with Crippen LogP contribution < -0.4 is 0 Å². The molecule has 6 unspecified atom stereocenters. The fourth-order valence-electron chi connectivity index (χ4n) is 3.78. The molecule has 0 aromatic heterocycles. The van der Waals surface area contributed by atoms with E-state index in [9.17, 15) is 14.7 Å². The number of aliphatic hydroxyl groups is 1. The summed E-state index contributed by atoms with van der Waals surface area (Å²) >= 11 is 0. The van der Waals surface area contributed by atoms with Crippen LogP contribution in [0.15, 0.2) is 36.0 Å². The van der Waals surface area contributed by atoms with Crippen LogP contribution in [0.2, 0.25) is 0 Å². The molecule has 1 saturated carbocycles. The number of aliphatic hydroxyl groups excluding tert-OH is 1. The number of carbonyl (C=O) groups excluding carboxylic acids is 2. The third-order valence-electron chi connectivity index (χ3n) is 5.76. The third-order valence-corrected chi connectivity index (χ3v) is 5.76. The van der Waals surface area contributed by atoms with Gasteiger partial charge >= 0.3 is 11.9 Å². The van der Waals surface area contributed by atoms with Gasteiger partial charge in [-0.1, -0.05) is 19.2 Å². The molecule has 1 aliphatic carbocycles. The topological polar surface area (TPSA) is 85.4 Å². The second-order valence-electron chi connectivity index (χ2n) is 7.60. The second-order valence-corrected chi connectivity index (χ2v) is 7.60. The van der Waals surface area contributed by atoms with Crippen LogP contribution in [0.5, 0.6) is 0 Å². The van der Waals surface area contributed by atoms with Crippen LogP contribution >= 0.6 is 0 Å². The molecular formula is C20H26O6. The summed E-state index contributed by atoms with van der Waals surface area (Å²) in [5, 5.41) is 10.3. The van der Waals surface area contributed by atoms with E-state index >= 15 is 0 Å². The van der Waals surface area contributed by atoms with E-state index in [1.807, 2.05) is 6.92 Å². The molecule has 2 heterocycles. The van der Waals surface area contributed by atoms with Gasteiger partial charge in [0.05, 0.1) is 17.6 Å². The Morgan fingerprint density at radius 3 is 2.77 bits per heavy atom. The molecule has 0 aromatic carbocycles. The van der Waals surface area contributed by atoms with Gasteiger partial charge in [-0.25, -0.2) is 9.59 Å². The predicted octanol–water partition coefficient (Wildman–Crippen LogP) is 2.22. The Balaban J connectivity index is 1.96. The number of epoxide rings is 1. The standard InChI is InChI=1S/C20H26O6/c1-6-10(2)18(22)25-16-15-12(4)19(23)24-14(15)9-11(3)13(21)7-8-20(5)17(16)26-20/h6,13-17,21H,3-4,7-9H2,1-2,5H3. The number of allylic oxidation sites excluding steroid dienone is 1. The zero-order valence-electron chi connectivity index (χ0n) is 15.5. The highest BCUT2D eigenvalue weighted by Gasteiger charge is 2.62. The van der Waals surface area contributed by atoms with Gasteiger partial charge in [0.2, 0.25) is 0 Å². The molecule has 26 heavy (non-hydrogen) atoms. The molecule has 0 spiro atoms. The Morgan fingerprint density at radius 1 is 1.42 bits per heavy atom. The Bertz CT molecular complexity index is 692. The molecule has 0 aromatic rings. The fourth-order valence-corrected chi connectivity index (χ4v) is 3.78. The number of rotatable bonds is 2. The first-order chi connectivity index (χ1) is 12.2. The highest BCUT2D eigenvalue weighted by molar-refractivity contribution is 5.91. The molecule has 6 heteroatoms. The van der Waals surface area contributed by atoms with Gasteiger partial charge in [0.25, 0.3) is 0 Å². The minimum absolute atomic E-state index is 0.270. The lowest BCUT2D eigenvalue weighted by atomic mass is 9.80. The highest BCUT2D eigenvalue weighted by atomic mass is 16.6. The largest absolute Gasteiger partial charge is 0.458 e. The van der Waals surface area contributed by atoms with Crippen LogP contribution in [0.1, 0.15) is 40.0 Å². The summed E-state index contributed by atoms with van der Waals surface area (Å²) < 4.78 is 17.1. The summed E-state index contributed by atoms with van der Waals surface area (Å²) in [4.78, 5) is 24.5. The van der Waals surface area contributed by atoms with Crippen molar-refractivity contribution in [2.45, 2.75) is 70.1 Å². The number of carbonyl (C=O) groups is 2. The van der Waals surface area contributed by atoms with Crippen molar-refractivity contribution in [2.75, 3.05) is 0 Å². The summed E-state index contributed by atoms with van der Waals surface area (Å²) in [6.07, 6.45) is 0.775. The first kappa shape index (κ1) is 18.9. The summed E-state index contributed by atoms with van der Waals surface area (Å²) in [7, 11) is 0. The van der Waals surface area contributed by atoms with Crippen molar-refractivity contribution in [1.29, 1.82) is 0 Å². The van der Waals surface area contributed by atoms with Crippen LogP contribution in [-0.2, 0) is 23.8 Å². The maximum atomic E-state index is 12.4. The third kappa shape index (κ3) is 3.23. The molecule has 6 nitrogen and oxygen atoms in total. The van der Waals surface area contributed by atoms with Gasteiger partial charge in [-0.15, -0.1) is 0 Å². The van der Waals surface area contributed by atoms with Crippen LogP contribution in [0.4, 0.5) is 0 Å². The first-order valence-electron chi connectivity index (χ1n) is 8.95. The number of esters is 2. The van der Waals surface area contributed by atoms with E-state index in [-0.39, 0.29) is 11.7 Å². The number of hydrogen-bond acceptors (Lipinski definition) is 6. The minimum Gasteiger partial charge on any atom is -0.458 e. The van der Waals surface area contributed by atoms with Crippen molar-refractivity contribution in [1.82, 2.24) is 0 Å². The molecule has 142 valence electrons. The Morgan fingerprint density at radius 2 is 2.12 bits per heavy atom. The van der Waals surface area contributed by atoms with Crippen LogP contribution in [-0.4, -0.2) is 47.1 Å². The van der Waals surface area contributed by atoms with E-state index in [2.05, 4.69) is 13.2 Å². The zero-order chi connectivity index (χ0) is 19.2. The van der Waals surface area contributed by atoms with Crippen molar-refractivity contribution in [3.63, 3.8) is 0 Å². The van der Waals surface area contributed by atoms with Crippen molar-refractivity contribution in [3.8, 4) is 0 Å². The molecule has 6 atom stereocenters. The van der Waals surface area contributed by atoms with E-state index in [1.165, 1.54) is 0 Å². The summed E-state index contributed by atoms with van der Waals surface area (Å²) in [5.74, 6) is -1.48. The van der Waals surface area contributed by atoms with Gasteiger partial charge in [0, 0.05) is 17.6 Å². The van der Waals surface area contributed by atoms with Crippen molar-refractivity contribution in [3.05, 3.63) is 36.0 Å². The molecule has 0 amide bonds. The van der Waals surface area contributed by atoms with Gasteiger partial charge in [-0.2, -0.15) is 0 Å². The van der Waals surface area contributed by atoms with Gasteiger partial charge in [0.1, 0.15) is 18.3 Å². The summed E-state index contributed by atoms with van der Waals surface area (Å²) in [5.41, 5.74) is 0.826. The number of fused-ring (bicyclic) bond motifs is 2. The van der Waals surface area contributed by atoms with E-state index in [1.54, 1.807) is 19.9 Å². The molecule has 3 fully saturated rings. The quantitative estimate of drug-likeness (QED) is 0.351. The van der Waals surface area contributed by atoms with Gasteiger partial charge in [-0.05, 0) is 39.2 Å². The zero-order valence-corrected chi connectivity index (χ0v) is 15.5. The number of hydrogen-bond donors (Lipinski definition) is 1. The van der Waals surface area contributed by atoms with Crippen molar-refractivity contribution >= 4 is 11.9 Å². The SMILES string of the molecule is C=C1CC2OC(=O)C(=C)C2C(OC(=O)C(C)=CC)C2OC2(C)CCC1O. The Kier molecular flexibility index (Phi) is 4.84. The maximum absolute atomic E-state index is 12.4. The molecule has 2 saturated heterocycles. The summed E-state index contributed by atoms with van der Waals surface area (Å²) in [6.45, 7) is 13.2. The maximum Gasteiger partial charge on any atom is 0.334 e. The highest BCUT2D eigenvalue weighted by Crippen LogP contribution is 2.50. The first-order valence-corrected chi connectivity index (χ1v) is 8.95. The molecule has 1 N–H and O–H groups in total. The average Bonchev–Trinajstić information content (AvgIpc) is 3.20. The minimum atomic E-state index is -0.686. The van der Waals surface area contributed by atoms with Crippen molar-refractivity contribution < 1.29 is 28.9 Å². The average molecular weight is 362 g/mol. The van der Waals surface area contributed by atoms with E-state index < -0.39 is 41.8 Å². The van der Waals surface area contributed by atoms with Crippen LogP contribution in [0, 0.1) is 5.92 Å². The molecule has 0 bridgehead atoms.